The first kappa shape index (κ1) is 32.2. The third-order valence-corrected chi connectivity index (χ3v) is 16.0. The molecule has 0 N–H and O–H groups in total. The van der Waals surface area contributed by atoms with Gasteiger partial charge in [0.2, 0.25) is 0 Å². The van der Waals surface area contributed by atoms with Gasteiger partial charge in [-0.25, -0.2) is 0 Å². The Kier molecular flexibility index (Phi) is 6.50. The zero-order valence-electron chi connectivity index (χ0n) is 31.4. The lowest BCUT2D eigenvalue weighted by atomic mass is 9.99. The lowest BCUT2D eigenvalue weighted by Crippen LogP contribution is -1.93. The number of thiophene rings is 3. The van der Waals surface area contributed by atoms with Crippen molar-refractivity contribution in [1.29, 1.82) is 0 Å². The van der Waals surface area contributed by atoms with Crippen molar-refractivity contribution in [3.63, 3.8) is 0 Å². The van der Waals surface area contributed by atoms with E-state index in [-0.39, 0.29) is 0 Å². The fraction of sp³-hybridized carbons (Fsp3) is 0. The SMILES string of the molecule is c1ccc(-n2c3ccccc3c3c4c(ccc32)sc2c(-c3ccc5c6c7c(ccc6n(-c6ccc8sc9ccccc9c8c6)c5c3)sc3ccccc37)cccc24)cc1. The largest absolute Gasteiger partial charge is 0.309 e. The number of fused-ring (bicyclic) bond motifs is 17. The summed E-state index contributed by atoms with van der Waals surface area (Å²) < 4.78 is 12.9. The van der Waals surface area contributed by atoms with Crippen molar-refractivity contribution >= 4 is 138 Å². The van der Waals surface area contributed by atoms with Crippen molar-refractivity contribution in [2.24, 2.45) is 0 Å². The highest BCUT2D eigenvalue weighted by Gasteiger charge is 2.22. The van der Waals surface area contributed by atoms with E-state index in [0.29, 0.717) is 0 Å². The van der Waals surface area contributed by atoms with Gasteiger partial charge in [0.25, 0.3) is 0 Å². The summed E-state index contributed by atoms with van der Waals surface area (Å²) in [5, 5.41) is 13.2. The highest BCUT2D eigenvalue weighted by molar-refractivity contribution is 7.27. The molecule has 59 heavy (non-hydrogen) atoms. The molecular weight excluding hydrogens is 773 g/mol. The Bertz CT molecular complexity index is 4080. The monoisotopic (exact) mass is 802 g/mol. The van der Waals surface area contributed by atoms with E-state index in [2.05, 4.69) is 191 Å². The van der Waals surface area contributed by atoms with Crippen LogP contribution in [0.1, 0.15) is 0 Å². The molecule has 0 aliphatic carbocycles. The first-order chi connectivity index (χ1) is 29.3. The molecule has 5 heterocycles. The highest BCUT2D eigenvalue weighted by Crippen LogP contribution is 2.48. The molecule has 0 atom stereocenters. The number of rotatable bonds is 3. The van der Waals surface area contributed by atoms with Crippen LogP contribution in [0.5, 0.6) is 0 Å². The van der Waals surface area contributed by atoms with E-state index in [1.54, 1.807) is 0 Å². The third-order valence-electron chi connectivity index (χ3n) is 12.5. The fourth-order valence-corrected chi connectivity index (χ4v) is 13.5. The molecular formula is C54H30N2S3. The predicted molar refractivity (Wildman–Crippen MR) is 259 cm³/mol. The summed E-state index contributed by atoms with van der Waals surface area (Å²) in [6.07, 6.45) is 0. The molecule has 0 saturated carbocycles. The van der Waals surface area contributed by atoms with Crippen LogP contribution in [0.2, 0.25) is 0 Å². The molecule has 0 spiro atoms. The molecule has 0 fully saturated rings. The zero-order chi connectivity index (χ0) is 38.3. The molecule has 0 amide bonds. The molecule has 2 nitrogen and oxygen atoms in total. The minimum absolute atomic E-state index is 1.18. The Labute approximate surface area is 349 Å². The Hall–Kier alpha value is -6.76. The number of hydrogen-bond donors (Lipinski definition) is 0. The number of para-hydroxylation sites is 2. The van der Waals surface area contributed by atoms with Crippen LogP contribution in [-0.4, -0.2) is 9.13 Å². The third kappa shape index (κ3) is 4.39. The molecule has 0 aliphatic rings. The first-order valence-electron chi connectivity index (χ1n) is 20.0. The van der Waals surface area contributed by atoms with E-state index in [0.717, 1.165) is 0 Å². The van der Waals surface area contributed by atoms with Gasteiger partial charge in [-0.1, -0.05) is 103 Å². The molecule has 0 bridgehead atoms. The smallest absolute Gasteiger partial charge is 0.0548 e. The van der Waals surface area contributed by atoms with Crippen LogP contribution < -0.4 is 0 Å². The van der Waals surface area contributed by atoms with Crippen molar-refractivity contribution in [2.45, 2.75) is 0 Å². The molecule has 274 valence electrons. The van der Waals surface area contributed by atoms with Crippen LogP contribution in [0.15, 0.2) is 182 Å². The summed E-state index contributed by atoms with van der Waals surface area (Å²) in [7, 11) is 0. The van der Waals surface area contributed by atoms with Gasteiger partial charge in [0.1, 0.15) is 0 Å². The van der Waals surface area contributed by atoms with Crippen LogP contribution in [0, 0.1) is 0 Å². The number of hydrogen-bond acceptors (Lipinski definition) is 3. The van der Waals surface area contributed by atoms with Gasteiger partial charge in [0, 0.05) is 93.4 Å². The molecule has 9 aromatic carbocycles. The summed E-state index contributed by atoms with van der Waals surface area (Å²) in [5.74, 6) is 0. The molecule has 0 saturated heterocycles. The highest BCUT2D eigenvalue weighted by atomic mass is 32.1. The van der Waals surface area contributed by atoms with Gasteiger partial charge in [-0.2, -0.15) is 0 Å². The van der Waals surface area contributed by atoms with Crippen LogP contribution >= 0.6 is 34.0 Å². The van der Waals surface area contributed by atoms with Gasteiger partial charge in [-0.05, 0) is 90.0 Å². The second-order valence-corrected chi connectivity index (χ2v) is 18.8. The average Bonchev–Trinajstić information content (AvgIpc) is 4.10. The molecule has 0 aliphatic heterocycles. The number of aromatic nitrogens is 2. The molecule has 5 heteroatoms. The minimum atomic E-state index is 1.18. The van der Waals surface area contributed by atoms with Crippen molar-refractivity contribution < 1.29 is 0 Å². The van der Waals surface area contributed by atoms with E-state index in [9.17, 15) is 0 Å². The van der Waals surface area contributed by atoms with Crippen LogP contribution in [-0.2, 0) is 0 Å². The van der Waals surface area contributed by atoms with E-state index in [4.69, 9.17) is 0 Å². The number of nitrogens with zero attached hydrogens (tertiary/aromatic N) is 2. The number of benzene rings is 9. The summed E-state index contributed by atoms with van der Waals surface area (Å²) in [5.41, 5.74) is 9.81. The molecule has 5 aromatic heterocycles. The van der Waals surface area contributed by atoms with Crippen molar-refractivity contribution in [3.8, 4) is 22.5 Å². The lowest BCUT2D eigenvalue weighted by molar-refractivity contribution is 1.18. The summed E-state index contributed by atoms with van der Waals surface area (Å²) in [6, 6.07) is 67.9. The van der Waals surface area contributed by atoms with Crippen LogP contribution in [0.25, 0.3) is 127 Å². The fourth-order valence-electron chi connectivity index (χ4n) is 10.1. The summed E-state index contributed by atoms with van der Waals surface area (Å²) in [6.45, 7) is 0. The molecule has 0 radical (unpaired) electrons. The summed E-state index contributed by atoms with van der Waals surface area (Å²) >= 11 is 5.68. The second-order valence-electron chi connectivity index (χ2n) is 15.6. The van der Waals surface area contributed by atoms with Gasteiger partial charge in [0.05, 0.1) is 22.1 Å². The maximum Gasteiger partial charge on any atom is 0.0548 e. The van der Waals surface area contributed by atoms with Gasteiger partial charge in [-0.3, -0.25) is 0 Å². The van der Waals surface area contributed by atoms with Gasteiger partial charge in [-0.15, -0.1) is 34.0 Å². The zero-order valence-corrected chi connectivity index (χ0v) is 33.9. The Balaban J connectivity index is 1.06. The summed E-state index contributed by atoms with van der Waals surface area (Å²) in [4.78, 5) is 0. The standard InChI is InChI=1S/C54H30N2S3/c1-2-11-32(12-3-1)55-41-18-7-4-14-36(41)50-42(55)25-28-49-53(50)39-17-10-16-34(54(39)59-49)31-21-23-37-44(29-31)56(33-22-26-47-40(30-33)35-13-5-8-19-45(35)57-47)43-24-27-48-52(51(37)43)38-15-6-9-20-46(38)58-48/h1-30H. The predicted octanol–water partition coefficient (Wildman–Crippen LogP) is 16.7. The average molecular weight is 803 g/mol. The van der Waals surface area contributed by atoms with Crippen molar-refractivity contribution in [3.05, 3.63) is 182 Å². The van der Waals surface area contributed by atoms with Crippen LogP contribution in [0.3, 0.4) is 0 Å². The molecule has 0 unspecified atom stereocenters. The normalized spacial score (nSPS) is 12.4. The maximum atomic E-state index is 2.53. The van der Waals surface area contributed by atoms with Gasteiger partial charge < -0.3 is 9.13 Å². The van der Waals surface area contributed by atoms with Gasteiger partial charge in [0.15, 0.2) is 0 Å². The minimum Gasteiger partial charge on any atom is -0.309 e. The Morgan fingerprint density at radius 1 is 0.288 bits per heavy atom. The van der Waals surface area contributed by atoms with E-state index in [1.807, 2.05) is 34.0 Å². The Morgan fingerprint density at radius 2 is 0.881 bits per heavy atom. The van der Waals surface area contributed by atoms with Crippen molar-refractivity contribution in [1.82, 2.24) is 9.13 Å². The van der Waals surface area contributed by atoms with Crippen molar-refractivity contribution in [2.75, 3.05) is 0 Å². The first-order valence-corrected chi connectivity index (χ1v) is 22.5. The molecule has 14 rings (SSSR count). The molecule has 14 aromatic rings. The van der Waals surface area contributed by atoms with Crippen LogP contribution in [0.4, 0.5) is 0 Å². The van der Waals surface area contributed by atoms with E-state index < -0.39 is 0 Å². The lowest BCUT2D eigenvalue weighted by Gasteiger charge is -2.10. The topological polar surface area (TPSA) is 9.86 Å². The Morgan fingerprint density at radius 3 is 1.71 bits per heavy atom. The van der Waals surface area contributed by atoms with E-state index >= 15 is 0 Å². The van der Waals surface area contributed by atoms with Gasteiger partial charge >= 0.3 is 0 Å². The quantitative estimate of drug-likeness (QED) is 0.168. The second kappa shape index (κ2) is 11.9. The van der Waals surface area contributed by atoms with E-state index in [1.165, 1.54) is 127 Å². The maximum absolute atomic E-state index is 2.53.